The van der Waals surface area contributed by atoms with E-state index in [-0.39, 0.29) is 30.7 Å². The first kappa shape index (κ1) is 21.4. The van der Waals surface area contributed by atoms with Crippen LogP contribution in [0.15, 0.2) is 48.5 Å². The number of hydrogen-bond donors (Lipinski definition) is 1. The molecule has 2 rings (SSSR count). The summed E-state index contributed by atoms with van der Waals surface area (Å²) in [5, 5.41) is 2.80. The van der Waals surface area contributed by atoms with Gasteiger partial charge in [0.25, 0.3) is 0 Å². The molecular formula is C21H26FN3O3. The maximum absolute atomic E-state index is 13.3. The summed E-state index contributed by atoms with van der Waals surface area (Å²) in [6, 6.07) is 13.2. The molecule has 7 heteroatoms. The lowest BCUT2D eigenvalue weighted by atomic mass is 10.2. The van der Waals surface area contributed by atoms with E-state index in [0.717, 1.165) is 5.56 Å². The summed E-state index contributed by atoms with van der Waals surface area (Å²) in [6.45, 7) is 2.96. The minimum atomic E-state index is -0.330. The van der Waals surface area contributed by atoms with Gasteiger partial charge in [0.2, 0.25) is 11.8 Å². The Morgan fingerprint density at radius 2 is 1.82 bits per heavy atom. The fourth-order valence-corrected chi connectivity index (χ4v) is 2.67. The first-order valence-corrected chi connectivity index (χ1v) is 9.06. The maximum Gasteiger partial charge on any atom is 0.238 e. The molecule has 150 valence electrons. The zero-order valence-corrected chi connectivity index (χ0v) is 16.4. The summed E-state index contributed by atoms with van der Waals surface area (Å²) in [5.74, 6) is 0.0415. The molecule has 1 N–H and O–H groups in total. The molecule has 6 nitrogen and oxygen atoms in total. The summed E-state index contributed by atoms with van der Waals surface area (Å²) < 4.78 is 18.4. The third-order valence-corrected chi connectivity index (χ3v) is 4.28. The SMILES string of the molecule is CCN(CC(=O)Nc1ccc(OC)cc1)CC(=O)N(C)Cc1cccc(F)c1. The van der Waals surface area contributed by atoms with Crippen molar-refractivity contribution in [1.82, 2.24) is 9.80 Å². The molecule has 2 amide bonds. The van der Waals surface area contributed by atoms with Crippen LogP contribution in [0, 0.1) is 5.82 Å². The summed E-state index contributed by atoms with van der Waals surface area (Å²) >= 11 is 0. The van der Waals surface area contributed by atoms with Crippen LogP contribution in [0.5, 0.6) is 5.75 Å². The number of carbonyl (C=O) groups excluding carboxylic acids is 2. The number of likely N-dealkylation sites (N-methyl/N-ethyl adjacent to an activating group) is 2. The second-order valence-electron chi connectivity index (χ2n) is 6.46. The second-order valence-corrected chi connectivity index (χ2v) is 6.46. The van der Waals surface area contributed by atoms with E-state index in [9.17, 15) is 14.0 Å². The van der Waals surface area contributed by atoms with E-state index in [4.69, 9.17) is 4.74 Å². The lowest BCUT2D eigenvalue weighted by molar-refractivity contribution is -0.132. The molecule has 28 heavy (non-hydrogen) atoms. The van der Waals surface area contributed by atoms with Crippen LogP contribution in [0.2, 0.25) is 0 Å². The number of anilines is 1. The number of nitrogens with one attached hydrogen (secondary N) is 1. The second kappa shape index (κ2) is 10.4. The van der Waals surface area contributed by atoms with E-state index in [0.29, 0.717) is 24.5 Å². The fourth-order valence-electron chi connectivity index (χ4n) is 2.67. The predicted molar refractivity (Wildman–Crippen MR) is 107 cm³/mol. The van der Waals surface area contributed by atoms with Gasteiger partial charge in [-0.1, -0.05) is 19.1 Å². The van der Waals surface area contributed by atoms with Crippen molar-refractivity contribution in [3.63, 3.8) is 0 Å². The van der Waals surface area contributed by atoms with Crippen LogP contribution >= 0.6 is 0 Å². The average Bonchev–Trinajstić information content (AvgIpc) is 2.67. The van der Waals surface area contributed by atoms with E-state index in [2.05, 4.69) is 5.32 Å². The van der Waals surface area contributed by atoms with Crippen LogP contribution in [-0.2, 0) is 16.1 Å². The molecular weight excluding hydrogens is 361 g/mol. The zero-order chi connectivity index (χ0) is 20.5. The van der Waals surface area contributed by atoms with Gasteiger partial charge >= 0.3 is 0 Å². The van der Waals surface area contributed by atoms with Crippen LogP contribution in [0.4, 0.5) is 10.1 Å². The van der Waals surface area contributed by atoms with Crippen LogP contribution in [0.1, 0.15) is 12.5 Å². The minimum Gasteiger partial charge on any atom is -0.497 e. The molecule has 2 aromatic carbocycles. The van der Waals surface area contributed by atoms with Crippen molar-refractivity contribution in [2.75, 3.05) is 39.1 Å². The number of halogens is 1. The van der Waals surface area contributed by atoms with E-state index in [1.54, 1.807) is 55.5 Å². The minimum absolute atomic E-state index is 0.0993. The van der Waals surface area contributed by atoms with Crippen molar-refractivity contribution in [2.45, 2.75) is 13.5 Å². The molecule has 0 radical (unpaired) electrons. The highest BCUT2D eigenvalue weighted by atomic mass is 19.1. The number of hydrogen-bond acceptors (Lipinski definition) is 4. The van der Waals surface area contributed by atoms with Gasteiger partial charge in [-0.05, 0) is 48.5 Å². The number of carbonyl (C=O) groups is 2. The van der Waals surface area contributed by atoms with Crippen LogP contribution in [0.3, 0.4) is 0 Å². The van der Waals surface area contributed by atoms with Crippen LogP contribution in [-0.4, -0.2) is 55.4 Å². The third kappa shape index (κ3) is 6.66. The molecule has 0 aliphatic carbocycles. The predicted octanol–water partition coefficient (Wildman–Crippen LogP) is 2.75. The highest BCUT2D eigenvalue weighted by Crippen LogP contribution is 2.15. The average molecular weight is 387 g/mol. The van der Waals surface area contributed by atoms with E-state index in [1.807, 2.05) is 6.92 Å². The van der Waals surface area contributed by atoms with Gasteiger partial charge < -0.3 is 15.0 Å². The molecule has 0 unspecified atom stereocenters. The molecule has 0 aliphatic rings. The number of nitrogens with zero attached hydrogens (tertiary/aromatic N) is 2. The highest BCUT2D eigenvalue weighted by Gasteiger charge is 2.16. The van der Waals surface area contributed by atoms with Gasteiger partial charge in [0.1, 0.15) is 11.6 Å². The number of methoxy groups -OCH3 is 1. The number of rotatable bonds is 9. The number of benzene rings is 2. The van der Waals surface area contributed by atoms with Crippen molar-refractivity contribution >= 4 is 17.5 Å². The Morgan fingerprint density at radius 3 is 2.43 bits per heavy atom. The topological polar surface area (TPSA) is 61.9 Å². The first-order chi connectivity index (χ1) is 13.4. The smallest absolute Gasteiger partial charge is 0.238 e. The van der Waals surface area contributed by atoms with E-state index in [1.165, 1.54) is 17.0 Å². The van der Waals surface area contributed by atoms with Crippen molar-refractivity contribution in [3.8, 4) is 5.75 Å². The number of amides is 2. The largest absolute Gasteiger partial charge is 0.497 e. The van der Waals surface area contributed by atoms with Gasteiger partial charge in [0.15, 0.2) is 0 Å². The lowest BCUT2D eigenvalue weighted by Gasteiger charge is -2.23. The summed E-state index contributed by atoms with van der Waals surface area (Å²) in [6.07, 6.45) is 0. The van der Waals surface area contributed by atoms with Gasteiger partial charge in [-0.2, -0.15) is 0 Å². The number of ether oxygens (including phenoxy) is 1. The standard InChI is InChI=1S/C21H26FN3O3/c1-4-25(14-20(26)23-18-8-10-19(28-3)11-9-18)15-21(27)24(2)13-16-6-5-7-17(22)12-16/h5-12H,4,13-15H2,1-3H3,(H,23,26). The van der Waals surface area contributed by atoms with Crippen LogP contribution < -0.4 is 10.1 Å². The normalized spacial score (nSPS) is 10.6. The monoisotopic (exact) mass is 387 g/mol. The molecule has 0 aromatic heterocycles. The fraction of sp³-hybridized carbons (Fsp3) is 0.333. The van der Waals surface area contributed by atoms with Gasteiger partial charge in [0, 0.05) is 19.3 Å². The highest BCUT2D eigenvalue weighted by molar-refractivity contribution is 5.92. The van der Waals surface area contributed by atoms with Crippen LogP contribution in [0.25, 0.3) is 0 Å². The van der Waals surface area contributed by atoms with Gasteiger partial charge in [-0.15, -0.1) is 0 Å². The quantitative estimate of drug-likeness (QED) is 0.719. The molecule has 0 bridgehead atoms. The van der Waals surface area contributed by atoms with Crippen molar-refractivity contribution in [1.29, 1.82) is 0 Å². The Kier molecular flexibility index (Phi) is 7.95. The molecule has 2 aromatic rings. The van der Waals surface area contributed by atoms with Crippen molar-refractivity contribution in [2.24, 2.45) is 0 Å². The molecule has 0 fully saturated rings. The van der Waals surface area contributed by atoms with Gasteiger partial charge in [-0.25, -0.2) is 4.39 Å². The Bertz CT molecular complexity index is 796. The van der Waals surface area contributed by atoms with E-state index < -0.39 is 0 Å². The molecule has 0 saturated carbocycles. The molecule has 0 aliphatic heterocycles. The Balaban J connectivity index is 1.85. The van der Waals surface area contributed by atoms with Crippen molar-refractivity contribution < 1.29 is 18.7 Å². The lowest BCUT2D eigenvalue weighted by Crippen LogP contribution is -2.41. The Morgan fingerprint density at radius 1 is 1.11 bits per heavy atom. The Labute approximate surface area is 164 Å². The van der Waals surface area contributed by atoms with E-state index >= 15 is 0 Å². The summed E-state index contributed by atoms with van der Waals surface area (Å²) in [5.41, 5.74) is 1.38. The van der Waals surface area contributed by atoms with Crippen molar-refractivity contribution in [3.05, 3.63) is 59.9 Å². The maximum atomic E-state index is 13.3. The molecule has 0 atom stereocenters. The Hall–Kier alpha value is -2.93. The molecule has 0 heterocycles. The zero-order valence-electron chi connectivity index (χ0n) is 16.4. The van der Waals surface area contributed by atoms with Gasteiger partial charge in [-0.3, -0.25) is 14.5 Å². The first-order valence-electron chi connectivity index (χ1n) is 9.06. The van der Waals surface area contributed by atoms with Gasteiger partial charge in [0.05, 0.1) is 20.2 Å². The molecule has 0 saturated heterocycles. The summed E-state index contributed by atoms with van der Waals surface area (Å²) in [7, 11) is 3.24. The third-order valence-electron chi connectivity index (χ3n) is 4.28. The summed E-state index contributed by atoms with van der Waals surface area (Å²) in [4.78, 5) is 28.0. The molecule has 0 spiro atoms.